The maximum Gasteiger partial charge on any atom is 0.191 e. The maximum absolute atomic E-state index is 4.68. The van der Waals surface area contributed by atoms with E-state index in [9.17, 15) is 0 Å². The zero-order chi connectivity index (χ0) is 16.4. The second-order valence-corrected chi connectivity index (χ2v) is 8.38. The summed E-state index contributed by atoms with van der Waals surface area (Å²) >= 11 is 3.62. The quantitative estimate of drug-likeness (QED) is 0.247. The van der Waals surface area contributed by atoms with Gasteiger partial charge in [-0.15, -0.1) is 35.3 Å². The second-order valence-electron chi connectivity index (χ2n) is 5.93. The first-order valence-electron chi connectivity index (χ1n) is 7.95. The van der Waals surface area contributed by atoms with Gasteiger partial charge in [0, 0.05) is 28.9 Å². The van der Waals surface area contributed by atoms with Crippen LogP contribution in [0.25, 0.3) is 0 Å². The number of hydrogen-bond acceptors (Lipinski definition) is 4. The smallest absolute Gasteiger partial charge is 0.191 e. The highest BCUT2D eigenvalue weighted by Gasteiger charge is 2.15. The molecule has 4 nitrogen and oxygen atoms in total. The van der Waals surface area contributed by atoms with Crippen LogP contribution in [0.1, 0.15) is 44.3 Å². The minimum absolute atomic E-state index is 0. The van der Waals surface area contributed by atoms with E-state index in [2.05, 4.69) is 59.9 Å². The van der Waals surface area contributed by atoms with Gasteiger partial charge in [-0.1, -0.05) is 0 Å². The van der Waals surface area contributed by atoms with Crippen LogP contribution in [0.3, 0.4) is 0 Å². The summed E-state index contributed by atoms with van der Waals surface area (Å²) in [4.78, 5) is 9.18. The van der Waals surface area contributed by atoms with Crippen molar-refractivity contribution in [3.05, 3.63) is 16.1 Å². The Balaban J connectivity index is 0.00000484. The zero-order valence-corrected chi connectivity index (χ0v) is 18.9. The van der Waals surface area contributed by atoms with E-state index < -0.39 is 0 Å². The highest BCUT2D eigenvalue weighted by atomic mass is 127. The first-order chi connectivity index (χ1) is 10.5. The van der Waals surface area contributed by atoms with Gasteiger partial charge in [-0.05, 0) is 53.2 Å². The molecule has 134 valence electrons. The molecule has 0 bridgehead atoms. The average molecular weight is 470 g/mol. The Morgan fingerprint density at radius 1 is 1.35 bits per heavy atom. The lowest BCUT2D eigenvalue weighted by Gasteiger charge is -2.20. The SMILES string of the molecule is CCNC(=NCC(C)(C)SC)NCCCCc1nc(C)cs1.I. The van der Waals surface area contributed by atoms with Gasteiger partial charge in [0.15, 0.2) is 5.96 Å². The Morgan fingerprint density at radius 3 is 2.65 bits per heavy atom. The fourth-order valence-corrected chi connectivity index (χ4v) is 2.81. The molecular formula is C16H31IN4S2. The van der Waals surface area contributed by atoms with Gasteiger partial charge in [-0.3, -0.25) is 4.99 Å². The van der Waals surface area contributed by atoms with Crippen LogP contribution in [0, 0.1) is 6.92 Å². The highest BCUT2D eigenvalue weighted by Crippen LogP contribution is 2.20. The van der Waals surface area contributed by atoms with Crippen LogP contribution in [0.15, 0.2) is 10.4 Å². The van der Waals surface area contributed by atoms with Crippen molar-refractivity contribution in [3.8, 4) is 0 Å². The summed E-state index contributed by atoms with van der Waals surface area (Å²) in [5, 5.41) is 10.1. The number of nitrogens with zero attached hydrogens (tertiary/aromatic N) is 2. The second kappa shape index (κ2) is 12.4. The summed E-state index contributed by atoms with van der Waals surface area (Å²) in [7, 11) is 0. The molecule has 1 aromatic heterocycles. The third kappa shape index (κ3) is 10.4. The Kier molecular flexibility index (Phi) is 12.3. The molecule has 0 atom stereocenters. The molecule has 0 saturated carbocycles. The lowest BCUT2D eigenvalue weighted by Crippen LogP contribution is -2.38. The van der Waals surface area contributed by atoms with E-state index >= 15 is 0 Å². The molecule has 0 fully saturated rings. The normalized spacial score (nSPS) is 12.0. The van der Waals surface area contributed by atoms with Crippen molar-refractivity contribution in [1.82, 2.24) is 15.6 Å². The molecule has 0 spiro atoms. The van der Waals surface area contributed by atoms with E-state index in [0.717, 1.165) is 50.6 Å². The molecule has 2 N–H and O–H groups in total. The van der Waals surface area contributed by atoms with Crippen LogP contribution in [0.4, 0.5) is 0 Å². The van der Waals surface area contributed by atoms with Gasteiger partial charge in [0.2, 0.25) is 0 Å². The standard InChI is InChI=1S/C16H30N4S2.HI/c1-6-17-15(19-12-16(3,4)21-5)18-10-8-7-9-14-20-13(2)11-22-14;/h11H,6-10,12H2,1-5H3,(H2,17,18,19);1H. The molecular weight excluding hydrogens is 439 g/mol. The number of aromatic nitrogens is 1. The molecule has 7 heteroatoms. The molecule has 0 aliphatic rings. The van der Waals surface area contributed by atoms with Crippen molar-refractivity contribution in [2.24, 2.45) is 4.99 Å². The fraction of sp³-hybridized carbons (Fsp3) is 0.750. The Morgan fingerprint density at radius 2 is 2.09 bits per heavy atom. The molecule has 0 aliphatic carbocycles. The molecule has 23 heavy (non-hydrogen) atoms. The van der Waals surface area contributed by atoms with Gasteiger partial charge in [-0.2, -0.15) is 11.8 Å². The van der Waals surface area contributed by atoms with E-state index in [4.69, 9.17) is 0 Å². The predicted octanol–water partition coefficient (Wildman–Crippen LogP) is 4.09. The molecule has 0 aliphatic heterocycles. The minimum atomic E-state index is 0. The number of unbranched alkanes of at least 4 members (excludes halogenated alkanes) is 1. The van der Waals surface area contributed by atoms with E-state index in [1.54, 1.807) is 11.3 Å². The lowest BCUT2D eigenvalue weighted by atomic mass is 10.2. The molecule has 1 aromatic rings. The van der Waals surface area contributed by atoms with Crippen molar-refractivity contribution in [3.63, 3.8) is 0 Å². The van der Waals surface area contributed by atoms with Gasteiger partial charge < -0.3 is 10.6 Å². The number of thiazole rings is 1. The van der Waals surface area contributed by atoms with Crippen LogP contribution >= 0.6 is 47.1 Å². The fourth-order valence-electron chi connectivity index (χ4n) is 1.80. The minimum Gasteiger partial charge on any atom is -0.357 e. The molecule has 0 amide bonds. The summed E-state index contributed by atoms with van der Waals surface area (Å²) in [6.45, 7) is 11.3. The highest BCUT2D eigenvalue weighted by molar-refractivity contribution is 14.0. The van der Waals surface area contributed by atoms with Crippen molar-refractivity contribution in [2.75, 3.05) is 25.9 Å². The van der Waals surface area contributed by atoms with Gasteiger partial charge in [0.05, 0.1) is 11.6 Å². The van der Waals surface area contributed by atoms with Crippen LogP contribution < -0.4 is 10.6 Å². The number of thioether (sulfide) groups is 1. The van der Waals surface area contributed by atoms with Crippen molar-refractivity contribution in [2.45, 2.75) is 51.7 Å². The summed E-state index contributed by atoms with van der Waals surface area (Å²) in [6, 6.07) is 0. The van der Waals surface area contributed by atoms with Crippen LogP contribution in [-0.2, 0) is 6.42 Å². The summed E-state index contributed by atoms with van der Waals surface area (Å²) in [6.07, 6.45) is 5.51. The van der Waals surface area contributed by atoms with Gasteiger partial charge >= 0.3 is 0 Å². The van der Waals surface area contributed by atoms with E-state index in [0.29, 0.717) is 0 Å². The molecule has 0 aromatic carbocycles. The Bertz CT molecular complexity index is 461. The topological polar surface area (TPSA) is 49.3 Å². The first-order valence-corrected chi connectivity index (χ1v) is 10.1. The molecule has 1 heterocycles. The van der Waals surface area contributed by atoms with Crippen molar-refractivity contribution in [1.29, 1.82) is 0 Å². The molecule has 0 radical (unpaired) electrons. The lowest BCUT2D eigenvalue weighted by molar-refractivity contribution is 0.680. The zero-order valence-electron chi connectivity index (χ0n) is 14.9. The Hall–Kier alpha value is -0.0200. The van der Waals surface area contributed by atoms with Crippen LogP contribution in [0.5, 0.6) is 0 Å². The molecule has 0 saturated heterocycles. The van der Waals surface area contributed by atoms with Gasteiger partial charge in [0.1, 0.15) is 0 Å². The summed E-state index contributed by atoms with van der Waals surface area (Å²) in [5.41, 5.74) is 1.14. The van der Waals surface area contributed by atoms with Crippen LogP contribution in [0.2, 0.25) is 0 Å². The van der Waals surface area contributed by atoms with Gasteiger partial charge in [-0.25, -0.2) is 4.98 Å². The monoisotopic (exact) mass is 470 g/mol. The first kappa shape index (κ1) is 23.0. The van der Waals surface area contributed by atoms with Gasteiger partial charge in [0.25, 0.3) is 0 Å². The van der Waals surface area contributed by atoms with E-state index in [1.165, 1.54) is 5.01 Å². The number of aliphatic imine (C=N–C) groups is 1. The number of nitrogens with one attached hydrogen (secondary N) is 2. The number of hydrogen-bond donors (Lipinski definition) is 2. The van der Waals surface area contributed by atoms with Crippen molar-refractivity contribution >= 4 is 53.0 Å². The average Bonchev–Trinajstić information content (AvgIpc) is 2.90. The number of guanidine groups is 1. The number of halogens is 1. The predicted molar refractivity (Wildman–Crippen MR) is 117 cm³/mol. The largest absolute Gasteiger partial charge is 0.357 e. The van der Waals surface area contributed by atoms with E-state index in [-0.39, 0.29) is 28.7 Å². The molecule has 0 unspecified atom stereocenters. The Labute approximate surface area is 166 Å². The maximum atomic E-state index is 4.68. The number of aryl methyl sites for hydroxylation is 2. The van der Waals surface area contributed by atoms with Crippen molar-refractivity contribution < 1.29 is 0 Å². The third-order valence-electron chi connectivity index (χ3n) is 3.29. The summed E-state index contributed by atoms with van der Waals surface area (Å²) < 4.78 is 0.186. The third-order valence-corrected chi connectivity index (χ3v) is 5.55. The van der Waals surface area contributed by atoms with Crippen LogP contribution in [-0.4, -0.2) is 41.6 Å². The van der Waals surface area contributed by atoms with E-state index in [1.807, 2.05) is 11.8 Å². The summed E-state index contributed by atoms with van der Waals surface area (Å²) in [5.74, 6) is 0.926. The number of rotatable bonds is 9. The molecule has 1 rings (SSSR count).